The Labute approximate surface area is 146 Å². The van der Waals surface area contributed by atoms with E-state index in [1.54, 1.807) is 0 Å². The molecule has 2 aliphatic rings. The van der Waals surface area contributed by atoms with Crippen LogP contribution in [0.3, 0.4) is 0 Å². The van der Waals surface area contributed by atoms with Crippen molar-refractivity contribution in [2.24, 2.45) is 0 Å². The number of anilines is 1. The summed E-state index contributed by atoms with van der Waals surface area (Å²) in [5.41, 5.74) is 1.98. The highest BCUT2D eigenvalue weighted by Crippen LogP contribution is 2.21. The number of hydrogen-bond acceptors (Lipinski definition) is 3. The van der Waals surface area contributed by atoms with Gasteiger partial charge in [-0.15, -0.1) is 12.4 Å². The molecule has 6 heteroatoms. The Morgan fingerprint density at radius 2 is 2.14 bits per heavy atom. The number of nitrogens with zero attached hydrogens (tertiary/aromatic N) is 1. The SMILES string of the molecule is Cc1cc(Br)ccc1NC(=O)CN1CCC2CCC(C1)N2.Cl. The average Bonchev–Trinajstić information content (AvgIpc) is 2.76. The van der Waals surface area contributed by atoms with E-state index in [1.807, 2.05) is 25.1 Å². The predicted molar refractivity (Wildman–Crippen MR) is 95.8 cm³/mol. The molecule has 122 valence electrons. The van der Waals surface area contributed by atoms with Gasteiger partial charge in [0, 0.05) is 35.3 Å². The van der Waals surface area contributed by atoms with E-state index < -0.39 is 0 Å². The van der Waals surface area contributed by atoms with Crippen molar-refractivity contribution in [2.75, 3.05) is 25.0 Å². The number of aryl methyl sites for hydroxylation is 1. The Morgan fingerprint density at radius 1 is 1.36 bits per heavy atom. The van der Waals surface area contributed by atoms with Crippen molar-refractivity contribution in [3.05, 3.63) is 28.2 Å². The summed E-state index contributed by atoms with van der Waals surface area (Å²) in [6, 6.07) is 7.15. The molecular formula is C16H23BrClN3O. The molecule has 1 aromatic carbocycles. The van der Waals surface area contributed by atoms with Gasteiger partial charge < -0.3 is 10.6 Å². The van der Waals surface area contributed by atoms with Crippen LogP contribution < -0.4 is 10.6 Å². The minimum atomic E-state index is 0. The van der Waals surface area contributed by atoms with Gasteiger partial charge in [0.15, 0.2) is 0 Å². The van der Waals surface area contributed by atoms with Gasteiger partial charge in [-0.1, -0.05) is 15.9 Å². The standard InChI is InChI=1S/C16H22BrN3O.ClH/c1-11-8-12(17)2-5-15(11)19-16(21)10-20-7-6-13-3-4-14(9-20)18-13;/h2,5,8,13-14,18H,3-4,6-7,9-10H2,1H3,(H,19,21);1H. The Kier molecular flexibility index (Phi) is 6.26. The zero-order chi connectivity index (χ0) is 14.8. The largest absolute Gasteiger partial charge is 0.325 e. The summed E-state index contributed by atoms with van der Waals surface area (Å²) < 4.78 is 1.03. The molecule has 2 bridgehead atoms. The van der Waals surface area contributed by atoms with Gasteiger partial charge in [0.25, 0.3) is 0 Å². The number of amides is 1. The summed E-state index contributed by atoms with van der Waals surface area (Å²) >= 11 is 3.44. The van der Waals surface area contributed by atoms with Crippen molar-refractivity contribution >= 4 is 39.9 Å². The quantitative estimate of drug-likeness (QED) is 0.837. The monoisotopic (exact) mass is 387 g/mol. The summed E-state index contributed by atoms with van der Waals surface area (Å²) in [6.45, 7) is 4.50. The summed E-state index contributed by atoms with van der Waals surface area (Å²) in [5.74, 6) is 0.0817. The van der Waals surface area contributed by atoms with Crippen LogP contribution in [0.4, 0.5) is 5.69 Å². The molecule has 4 nitrogen and oxygen atoms in total. The molecule has 2 heterocycles. The second-order valence-corrected chi connectivity index (χ2v) is 7.08. The van der Waals surface area contributed by atoms with Crippen molar-refractivity contribution in [3.63, 3.8) is 0 Å². The van der Waals surface area contributed by atoms with Crippen molar-refractivity contribution in [3.8, 4) is 0 Å². The van der Waals surface area contributed by atoms with Gasteiger partial charge >= 0.3 is 0 Å². The second-order valence-electron chi connectivity index (χ2n) is 6.17. The van der Waals surface area contributed by atoms with E-state index in [4.69, 9.17) is 0 Å². The van der Waals surface area contributed by atoms with Gasteiger partial charge in [0.1, 0.15) is 0 Å². The number of rotatable bonds is 3. The zero-order valence-corrected chi connectivity index (χ0v) is 15.2. The normalized spacial score (nSPS) is 24.5. The third-order valence-corrected chi connectivity index (χ3v) is 4.93. The topological polar surface area (TPSA) is 44.4 Å². The number of benzene rings is 1. The van der Waals surface area contributed by atoms with Crippen molar-refractivity contribution in [2.45, 2.75) is 38.3 Å². The molecule has 2 unspecified atom stereocenters. The van der Waals surface area contributed by atoms with Gasteiger partial charge in [-0.05, 0) is 49.9 Å². The first kappa shape index (κ1) is 17.7. The molecule has 2 fully saturated rings. The third-order valence-electron chi connectivity index (χ3n) is 4.44. The highest BCUT2D eigenvalue weighted by molar-refractivity contribution is 9.10. The predicted octanol–water partition coefficient (Wildman–Crippen LogP) is 2.94. The molecule has 0 spiro atoms. The van der Waals surface area contributed by atoms with Crippen LogP contribution in [0.25, 0.3) is 0 Å². The van der Waals surface area contributed by atoms with Gasteiger partial charge in [0.2, 0.25) is 5.91 Å². The molecular weight excluding hydrogens is 366 g/mol. The summed E-state index contributed by atoms with van der Waals surface area (Å²) in [4.78, 5) is 14.5. The molecule has 2 aliphatic heterocycles. The van der Waals surface area contributed by atoms with Crippen LogP contribution in [-0.4, -0.2) is 42.5 Å². The van der Waals surface area contributed by atoms with E-state index in [9.17, 15) is 4.79 Å². The lowest BCUT2D eigenvalue weighted by molar-refractivity contribution is -0.117. The fourth-order valence-corrected chi connectivity index (χ4v) is 3.79. The van der Waals surface area contributed by atoms with E-state index in [0.717, 1.165) is 35.2 Å². The van der Waals surface area contributed by atoms with E-state index in [1.165, 1.54) is 12.8 Å². The Hall–Kier alpha value is -0.620. The van der Waals surface area contributed by atoms with Crippen LogP contribution in [0.1, 0.15) is 24.8 Å². The fourth-order valence-electron chi connectivity index (χ4n) is 3.32. The van der Waals surface area contributed by atoms with Crippen LogP contribution in [-0.2, 0) is 4.79 Å². The number of likely N-dealkylation sites (tertiary alicyclic amines) is 1. The molecule has 0 saturated carbocycles. The fraction of sp³-hybridized carbons (Fsp3) is 0.562. The van der Waals surface area contributed by atoms with Gasteiger partial charge in [-0.25, -0.2) is 0 Å². The smallest absolute Gasteiger partial charge is 0.238 e. The first-order valence-corrected chi connectivity index (χ1v) is 8.44. The van der Waals surface area contributed by atoms with Crippen LogP contribution in [0.5, 0.6) is 0 Å². The van der Waals surface area contributed by atoms with Crippen molar-refractivity contribution < 1.29 is 4.79 Å². The third kappa shape index (κ3) is 4.44. The molecule has 1 aromatic rings. The Balaban J connectivity index is 0.00000176. The van der Waals surface area contributed by atoms with Crippen LogP contribution in [0.2, 0.25) is 0 Å². The maximum absolute atomic E-state index is 12.3. The zero-order valence-electron chi connectivity index (χ0n) is 12.8. The van der Waals surface area contributed by atoms with Gasteiger partial charge in [-0.2, -0.15) is 0 Å². The minimum Gasteiger partial charge on any atom is -0.325 e. The van der Waals surface area contributed by atoms with Crippen molar-refractivity contribution in [1.82, 2.24) is 10.2 Å². The average molecular weight is 389 g/mol. The lowest BCUT2D eigenvalue weighted by Crippen LogP contribution is -2.39. The molecule has 0 aromatic heterocycles. The van der Waals surface area contributed by atoms with Gasteiger partial charge in [-0.3, -0.25) is 9.69 Å². The molecule has 22 heavy (non-hydrogen) atoms. The summed E-state index contributed by atoms with van der Waals surface area (Å²) in [6.07, 6.45) is 3.69. The maximum Gasteiger partial charge on any atom is 0.238 e. The Bertz CT molecular complexity index is 540. The first-order valence-electron chi connectivity index (χ1n) is 7.64. The van der Waals surface area contributed by atoms with E-state index >= 15 is 0 Å². The molecule has 2 atom stereocenters. The van der Waals surface area contributed by atoms with Crippen LogP contribution >= 0.6 is 28.3 Å². The first-order chi connectivity index (χ1) is 10.1. The minimum absolute atomic E-state index is 0. The lowest BCUT2D eigenvalue weighted by atomic mass is 10.1. The van der Waals surface area contributed by atoms with E-state index in [2.05, 4.69) is 31.5 Å². The number of halogens is 2. The summed E-state index contributed by atoms with van der Waals surface area (Å²) in [5, 5.41) is 6.67. The second kappa shape index (κ2) is 7.77. The number of nitrogens with one attached hydrogen (secondary N) is 2. The highest BCUT2D eigenvalue weighted by atomic mass is 79.9. The van der Waals surface area contributed by atoms with Crippen molar-refractivity contribution in [1.29, 1.82) is 0 Å². The summed E-state index contributed by atoms with van der Waals surface area (Å²) in [7, 11) is 0. The van der Waals surface area contributed by atoms with Gasteiger partial charge in [0.05, 0.1) is 6.54 Å². The molecule has 2 N–H and O–H groups in total. The highest BCUT2D eigenvalue weighted by Gasteiger charge is 2.29. The number of carbonyl (C=O) groups is 1. The van der Waals surface area contributed by atoms with Crippen LogP contribution in [0, 0.1) is 6.92 Å². The molecule has 0 radical (unpaired) electrons. The maximum atomic E-state index is 12.3. The molecule has 2 saturated heterocycles. The Morgan fingerprint density at radius 3 is 2.91 bits per heavy atom. The van der Waals surface area contributed by atoms with E-state index in [-0.39, 0.29) is 18.3 Å². The number of fused-ring (bicyclic) bond motifs is 2. The lowest BCUT2D eigenvalue weighted by Gasteiger charge is -2.23. The molecule has 3 rings (SSSR count). The molecule has 0 aliphatic carbocycles. The van der Waals surface area contributed by atoms with Crippen LogP contribution in [0.15, 0.2) is 22.7 Å². The number of carbonyl (C=O) groups excluding carboxylic acids is 1. The number of hydrogen-bond donors (Lipinski definition) is 2. The molecule has 1 amide bonds. The van der Waals surface area contributed by atoms with E-state index in [0.29, 0.717) is 18.6 Å².